The summed E-state index contributed by atoms with van der Waals surface area (Å²) in [6.45, 7) is 1.73. The number of carbonyl (C=O) groups is 1. The second-order valence-corrected chi connectivity index (χ2v) is 9.50. The van der Waals surface area contributed by atoms with Crippen LogP contribution in [0.3, 0.4) is 0 Å². The van der Waals surface area contributed by atoms with E-state index in [0.29, 0.717) is 18.5 Å². The highest BCUT2D eigenvalue weighted by Gasteiger charge is 2.22. The number of thiophene rings is 1. The molecular weight excluding hydrogens is 440 g/mol. The number of benzene rings is 2. The largest absolute Gasteiger partial charge is 0.356 e. The molecule has 4 aromatic rings. The molecule has 8 heteroatoms. The third kappa shape index (κ3) is 4.16. The highest BCUT2D eigenvalue weighted by atomic mass is 32.2. The lowest BCUT2D eigenvalue weighted by atomic mass is 10.2. The average Bonchev–Trinajstić information content (AvgIpc) is 3.30. The molecule has 162 valence electrons. The molecule has 32 heavy (non-hydrogen) atoms. The lowest BCUT2D eigenvalue weighted by Crippen LogP contribution is -2.30. The molecule has 2 aromatic carbocycles. The fourth-order valence-corrected chi connectivity index (χ4v) is 5.67. The van der Waals surface area contributed by atoms with Gasteiger partial charge in [0.2, 0.25) is 5.91 Å². The summed E-state index contributed by atoms with van der Waals surface area (Å²) in [5.41, 5.74) is 2.32. The van der Waals surface area contributed by atoms with Crippen LogP contribution < -0.4 is 15.8 Å². The number of aromatic nitrogens is 2. The number of anilines is 2. The van der Waals surface area contributed by atoms with E-state index in [1.807, 2.05) is 5.38 Å². The Morgan fingerprint density at radius 2 is 1.69 bits per heavy atom. The highest BCUT2D eigenvalue weighted by molar-refractivity contribution is 7.99. The van der Waals surface area contributed by atoms with E-state index in [9.17, 15) is 9.59 Å². The van der Waals surface area contributed by atoms with Crippen LogP contribution in [0, 0.1) is 0 Å². The first-order chi connectivity index (χ1) is 15.7. The topological polar surface area (TPSA) is 67.2 Å². The van der Waals surface area contributed by atoms with Crippen LogP contribution in [0.4, 0.5) is 11.4 Å². The minimum atomic E-state index is -0.0932. The molecule has 0 saturated carbocycles. The van der Waals surface area contributed by atoms with Gasteiger partial charge in [0.25, 0.3) is 5.56 Å². The zero-order valence-corrected chi connectivity index (χ0v) is 19.0. The van der Waals surface area contributed by atoms with Gasteiger partial charge >= 0.3 is 0 Å². The molecule has 1 aliphatic heterocycles. The smallest absolute Gasteiger partial charge is 0.262 e. The van der Waals surface area contributed by atoms with Crippen LogP contribution in [0.1, 0.15) is 12.8 Å². The quantitative estimate of drug-likeness (QED) is 0.405. The fourth-order valence-electron chi connectivity index (χ4n) is 3.85. The van der Waals surface area contributed by atoms with E-state index in [1.165, 1.54) is 43.4 Å². The van der Waals surface area contributed by atoms with E-state index < -0.39 is 0 Å². The Morgan fingerprint density at radius 1 is 0.969 bits per heavy atom. The Kier molecular flexibility index (Phi) is 5.96. The van der Waals surface area contributed by atoms with Crippen molar-refractivity contribution in [1.82, 2.24) is 14.9 Å². The first-order valence-electron chi connectivity index (χ1n) is 10.5. The summed E-state index contributed by atoms with van der Waals surface area (Å²) in [5, 5.41) is 5.45. The van der Waals surface area contributed by atoms with Gasteiger partial charge in [0.1, 0.15) is 4.83 Å². The maximum atomic E-state index is 12.4. The van der Waals surface area contributed by atoms with Crippen molar-refractivity contribution < 1.29 is 4.79 Å². The van der Waals surface area contributed by atoms with Crippen molar-refractivity contribution in [2.45, 2.75) is 29.2 Å². The van der Waals surface area contributed by atoms with Gasteiger partial charge in [-0.3, -0.25) is 14.2 Å². The predicted octanol–water partition coefficient (Wildman–Crippen LogP) is 4.66. The van der Waals surface area contributed by atoms with Crippen molar-refractivity contribution in [2.75, 3.05) is 18.0 Å². The Balaban J connectivity index is 1.16. The van der Waals surface area contributed by atoms with Gasteiger partial charge in [-0.15, -0.1) is 11.3 Å². The monoisotopic (exact) mass is 462 g/mol. The van der Waals surface area contributed by atoms with Gasteiger partial charge < -0.3 is 10.2 Å². The molecule has 3 heterocycles. The number of nitrogens with one attached hydrogen (secondary N) is 1. The van der Waals surface area contributed by atoms with Crippen molar-refractivity contribution in [3.63, 3.8) is 0 Å². The molecule has 5 rings (SSSR count). The minimum Gasteiger partial charge on any atom is -0.356 e. The van der Waals surface area contributed by atoms with E-state index in [2.05, 4.69) is 63.7 Å². The number of rotatable bonds is 7. The maximum absolute atomic E-state index is 12.4. The molecule has 2 aromatic heterocycles. The van der Waals surface area contributed by atoms with Crippen LogP contribution in [0.25, 0.3) is 10.2 Å². The summed E-state index contributed by atoms with van der Waals surface area (Å²) in [5.74, 6) is -0.0580. The standard InChI is InChI=1S/C24H22N4O2S2/c29-22(10-14-27-16-26-23-17(24(27)30)11-15-31-23)25-12-5-13-28-18-6-1-3-8-20(18)32-21-9-4-2-7-19(21)28/h1-4,6-9,11,15-16H,5,10,12-14H2,(H,25,29). The minimum absolute atomic E-state index is 0.0580. The van der Waals surface area contributed by atoms with Crippen LogP contribution >= 0.6 is 23.1 Å². The predicted molar refractivity (Wildman–Crippen MR) is 130 cm³/mol. The Labute approximate surface area is 193 Å². The Bertz CT molecular complexity index is 1290. The zero-order valence-electron chi connectivity index (χ0n) is 17.4. The van der Waals surface area contributed by atoms with E-state index in [4.69, 9.17) is 0 Å². The first-order valence-corrected chi connectivity index (χ1v) is 12.2. The summed E-state index contributed by atoms with van der Waals surface area (Å²) in [6.07, 6.45) is 2.60. The molecule has 6 nitrogen and oxygen atoms in total. The SMILES string of the molecule is O=C(CCn1cnc2sccc2c1=O)NCCCN1c2ccccc2Sc2ccccc21. The van der Waals surface area contributed by atoms with Crippen LogP contribution in [0.15, 0.2) is 80.9 Å². The second-order valence-electron chi connectivity index (χ2n) is 7.53. The van der Waals surface area contributed by atoms with Crippen molar-refractivity contribution in [3.05, 3.63) is 76.7 Å². The zero-order chi connectivity index (χ0) is 21.9. The molecule has 0 atom stereocenters. The number of nitrogens with zero attached hydrogens (tertiary/aromatic N) is 3. The third-order valence-corrected chi connectivity index (χ3v) is 7.39. The van der Waals surface area contributed by atoms with Gasteiger partial charge in [0, 0.05) is 35.8 Å². The number of hydrogen-bond acceptors (Lipinski definition) is 6. The number of aryl methyl sites for hydroxylation is 1. The molecule has 0 saturated heterocycles. The second kappa shape index (κ2) is 9.18. The fraction of sp³-hybridized carbons (Fsp3) is 0.208. The van der Waals surface area contributed by atoms with Crippen molar-refractivity contribution in [2.24, 2.45) is 0 Å². The lowest BCUT2D eigenvalue weighted by Gasteiger charge is -2.32. The normalized spacial score (nSPS) is 12.4. The van der Waals surface area contributed by atoms with E-state index in [0.717, 1.165) is 17.8 Å². The van der Waals surface area contributed by atoms with Crippen LogP contribution in [0.2, 0.25) is 0 Å². The van der Waals surface area contributed by atoms with Gasteiger partial charge in [0.05, 0.1) is 23.1 Å². The molecule has 1 aliphatic rings. The first kappa shape index (κ1) is 20.8. The summed E-state index contributed by atoms with van der Waals surface area (Å²) in [4.78, 5) is 34.6. The molecule has 0 unspecified atom stereocenters. The summed E-state index contributed by atoms with van der Waals surface area (Å²) < 4.78 is 1.51. The number of fused-ring (bicyclic) bond motifs is 3. The van der Waals surface area contributed by atoms with Gasteiger partial charge in [-0.2, -0.15) is 0 Å². The van der Waals surface area contributed by atoms with Crippen LogP contribution in [-0.2, 0) is 11.3 Å². The lowest BCUT2D eigenvalue weighted by molar-refractivity contribution is -0.121. The van der Waals surface area contributed by atoms with Crippen LogP contribution in [0.5, 0.6) is 0 Å². The Morgan fingerprint density at radius 3 is 2.44 bits per heavy atom. The molecule has 0 bridgehead atoms. The summed E-state index contributed by atoms with van der Waals surface area (Å²) in [6, 6.07) is 18.6. The maximum Gasteiger partial charge on any atom is 0.262 e. The van der Waals surface area contributed by atoms with Gasteiger partial charge in [-0.1, -0.05) is 36.0 Å². The van der Waals surface area contributed by atoms with E-state index >= 15 is 0 Å². The van der Waals surface area contributed by atoms with Crippen molar-refractivity contribution in [3.8, 4) is 0 Å². The van der Waals surface area contributed by atoms with Crippen molar-refractivity contribution >= 4 is 50.6 Å². The van der Waals surface area contributed by atoms with E-state index in [-0.39, 0.29) is 17.9 Å². The molecule has 1 N–H and O–H groups in total. The highest BCUT2D eigenvalue weighted by Crippen LogP contribution is 2.47. The summed E-state index contributed by atoms with van der Waals surface area (Å²) in [7, 11) is 0. The van der Waals surface area contributed by atoms with Crippen LogP contribution in [-0.4, -0.2) is 28.5 Å². The van der Waals surface area contributed by atoms with Gasteiger partial charge in [-0.05, 0) is 42.1 Å². The third-order valence-electron chi connectivity index (χ3n) is 5.44. The molecule has 1 amide bonds. The molecule has 0 spiro atoms. The number of para-hydroxylation sites is 2. The Hall–Kier alpha value is -3.10. The average molecular weight is 463 g/mol. The number of carbonyl (C=O) groups excluding carboxylic acids is 1. The molecule has 0 aliphatic carbocycles. The van der Waals surface area contributed by atoms with E-state index in [1.54, 1.807) is 17.8 Å². The summed E-state index contributed by atoms with van der Waals surface area (Å²) >= 11 is 3.24. The van der Waals surface area contributed by atoms with Gasteiger partial charge in [-0.25, -0.2) is 4.98 Å². The molecule has 0 fully saturated rings. The number of amides is 1. The molecule has 0 radical (unpaired) electrons. The number of hydrogen-bond donors (Lipinski definition) is 1. The van der Waals surface area contributed by atoms with Gasteiger partial charge in [0.15, 0.2) is 0 Å². The van der Waals surface area contributed by atoms with Crippen molar-refractivity contribution in [1.29, 1.82) is 0 Å². The molecular formula is C24H22N4O2S2.